The fraction of sp³-hybridized carbons (Fsp3) is 0.600. The second kappa shape index (κ2) is 5.70. The molecule has 0 aliphatic carbocycles. The van der Waals surface area contributed by atoms with Crippen LogP contribution in [-0.4, -0.2) is 12.6 Å². The van der Waals surface area contributed by atoms with Crippen molar-refractivity contribution in [2.75, 3.05) is 11.4 Å². The normalized spacial score (nSPS) is 22.0. The fourth-order valence-electron chi connectivity index (χ4n) is 2.92. The molecule has 0 saturated carbocycles. The molecule has 1 aliphatic heterocycles. The number of para-hydroxylation sites is 1. The van der Waals surface area contributed by atoms with Gasteiger partial charge in [0.1, 0.15) is 5.82 Å². The molecule has 1 saturated heterocycles. The molecule has 1 aromatic rings. The predicted octanol–water partition coefficient (Wildman–Crippen LogP) is 3.61. The SMILES string of the molecule is CCC1CCCCN1c1c(F)cccc1C(C)N. The standard InChI is InChI=1S/C15H23FN2/c1-3-12-7-4-5-10-18(12)15-13(11(2)17)8-6-9-14(15)16/h6,8-9,11-12H,3-5,7,10,17H2,1-2H3. The van der Waals surface area contributed by atoms with Gasteiger partial charge in [-0.15, -0.1) is 0 Å². The Bertz CT molecular complexity index is 403. The Morgan fingerprint density at radius 2 is 2.22 bits per heavy atom. The van der Waals surface area contributed by atoms with Crippen LogP contribution >= 0.6 is 0 Å². The van der Waals surface area contributed by atoms with Crippen molar-refractivity contribution in [3.05, 3.63) is 29.6 Å². The molecule has 100 valence electrons. The van der Waals surface area contributed by atoms with Crippen molar-refractivity contribution >= 4 is 5.69 Å². The summed E-state index contributed by atoms with van der Waals surface area (Å²) in [5.74, 6) is -0.134. The molecule has 2 N–H and O–H groups in total. The first kappa shape index (κ1) is 13.3. The molecule has 18 heavy (non-hydrogen) atoms. The van der Waals surface area contributed by atoms with E-state index in [-0.39, 0.29) is 11.9 Å². The van der Waals surface area contributed by atoms with E-state index < -0.39 is 0 Å². The van der Waals surface area contributed by atoms with Gasteiger partial charge in [-0.3, -0.25) is 0 Å². The van der Waals surface area contributed by atoms with Gasteiger partial charge >= 0.3 is 0 Å². The van der Waals surface area contributed by atoms with Crippen molar-refractivity contribution in [1.82, 2.24) is 0 Å². The van der Waals surface area contributed by atoms with Crippen LogP contribution in [0.25, 0.3) is 0 Å². The second-order valence-electron chi connectivity index (χ2n) is 5.22. The van der Waals surface area contributed by atoms with Gasteiger partial charge in [0.15, 0.2) is 0 Å². The molecule has 1 aliphatic rings. The highest BCUT2D eigenvalue weighted by Gasteiger charge is 2.26. The monoisotopic (exact) mass is 250 g/mol. The quantitative estimate of drug-likeness (QED) is 0.888. The Hall–Kier alpha value is -1.09. The van der Waals surface area contributed by atoms with Crippen LogP contribution < -0.4 is 10.6 Å². The minimum absolute atomic E-state index is 0.130. The number of nitrogens with two attached hydrogens (primary N) is 1. The summed E-state index contributed by atoms with van der Waals surface area (Å²) < 4.78 is 14.2. The number of hydrogen-bond acceptors (Lipinski definition) is 2. The zero-order valence-electron chi connectivity index (χ0n) is 11.3. The molecule has 2 atom stereocenters. The molecule has 0 aromatic heterocycles. The van der Waals surface area contributed by atoms with Crippen molar-refractivity contribution in [2.24, 2.45) is 5.73 Å². The van der Waals surface area contributed by atoms with Crippen LogP contribution in [-0.2, 0) is 0 Å². The van der Waals surface area contributed by atoms with Gasteiger partial charge in [0, 0.05) is 18.6 Å². The summed E-state index contributed by atoms with van der Waals surface area (Å²) in [4.78, 5) is 2.23. The predicted molar refractivity (Wildman–Crippen MR) is 74.3 cm³/mol. The lowest BCUT2D eigenvalue weighted by atomic mass is 9.96. The van der Waals surface area contributed by atoms with Crippen LogP contribution in [0.15, 0.2) is 18.2 Å². The molecule has 1 heterocycles. The van der Waals surface area contributed by atoms with Crippen LogP contribution in [0.2, 0.25) is 0 Å². The zero-order valence-corrected chi connectivity index (χ0v) is 11.3. The van der Waals surface area contributed by atoms with Gasteiger partial charge in [-0.2, -0.15) is 0 Å². The molecule has 1 fully saturated rings. The van der Waals surface area contributed by atoms with E-state index in [9.17, 15) is 4.39 Å². The number of rotatable bonds is 3. The van der Waals surface area contributed by atoms with Gasteiger partial charge in [-0.1, -0.05) is 19.1 Å². The molecule has 2 unspecified atom stereocenters. The second-order valence-corrected chi connectivity index (χ2v) is 5.22. The Labute approximate surface area is 109 Å². The van der Waals surface area contributed by atoms with E-state index in [2.05, 4.69) is 11.8 Å². The molecule has 0 bridgehead atoms. The summed E-state index contributed by atoms with van der Waals surface area (Å²) in [6.07, 6.45) is 4.61. The highest BCUT2D eigenvalue weighted by atomic mass is 19.1. The minimum atomic E-state index is -0.134. The third-order valence-electron chi connectivity index (χ3n) is 3.89. The molecule has 0 amide bonds. The maximum absolute atomic E-state index is 14.2. The maximum atomic E-state index is 14.2. The van der Waals surface area contributed by atoms with E-state index in [0.29, 0.717) is 6.04 Å². The summed E-state index contributed by atoms with van der Waals surface area (Å²) in [5, 5.41) is 0. The smallest absolute Gasteiger partial charge is 0.146 e. The van der Waals surface area contributed by atoms with Gasteiger partial charge < -0.3 is 10.6 Å². The van der Waals surface area contributed by atoms with Crippen molar-refractivity contribution in [1.29, 1.82) is 0 Å². The first-order valence-corrected chi connectivity index (χ1v) is 6.95. The molecule has 2 rings (SSSR count). The largest absolute Gasteiger partial charge is 0.366 e. The van der Waals surface area contributed by atoms with Crippen LogP contribution in [0.5, 0.6) is 0 Å². The summed E-state index contributed by atoms with van der Waals surface area (Å²) in [6, 6.07) is 5.57. The lowest BCUT2D eigenvalue weighted by Crippen LogP contribution is -2.40. The van der Waals surface area contributed by atoms with Gasteiger partial charge in [-0.05, 0) is 44.2 Å². The zero-order chi connectivity index (χ0) is 13.1. The fourth-order valence-corrected chi connectivity index (χ4v) is 2.92. The number of piperidine rings is 1. The van der Waals surface area contributed by atoms with E-state index in [1.165, 1.54) is 6.42 Å². The van der Waals surface area contributed by atoms with E-state index in [4.69, 9.17) is 5.73 Å². The molecule has 0 spiro atoms. The van der Waals surface area contributed by atoms with Crippen molar-refractivity contribution in [2.45, 2.75) is 51.6 Å². The molecular formula is C15H23FN2. The molecule has 3 heteroatoms. The van der Waals surface area contributed by atoms with Gasteiger partial charge in [0.2, 0.25) is 0 Å². The summed E-state index contributed by atoms with van der Waals surface area (Å²) in [6.45, 7) is 5.04. The number of hydrogen-bond donors (Lipinski definition) is 1. The van der Waals surface area contributed by atoms with Gasteiger partial charge in [0.05, 0.1) is 5.69 Å². The van der Waals surface area contributed by atoms with Crippen molar-refractivity contribution in [3.63, 3.8) is 0 Å². The van der Waals surface area contributed by atoms with E-state index in [1.54, 1.807) is 12.1 Å². The average Bonchev–Trinajstić information content (AvgIpc) is 2.38. The molecule has 1 aromatic carbocycles. The molecule has 0 radical (unpaired) electrons. The Balaban J connectivity index is 2.41. The summed E-state index contributed by atoms with van der Waals surface area (Å²) >= 11 is 0. The van der Waals surface area contributed by atoms with Crippen LogP contribution in [0.1, 0.15) is 51.1 Å². The highest BCUT2D eigenvalue weighted by molar-refractivity contribution is 5.57. The van der Waals surface area contributed by atoms with E-state index in [0.717, 1.165) is 37.1 Å². The number of halogens is 1. The number of benzene rings is 1. The highest BCUT2D eigenvalue weighted by Crippen LogP contribution is 2.33. The lowest BCUT2D eigenvalue weighted by Gasteiger charge is -2.39. The Morgan fingerprint density at radius 1 is 1.44 bits per heavy atom. The third kappa shape index (κ3) is 2.51. The Kier molecular flexibility index (Phi) is 4.23. The molecular weight excluding hydrogens is 227 g/mol. The van der Waals surface area contributed by atoms with Crippen LogP contribution in [0.4, 0.5) is 10.1 Å². The molecule has 2 nitrogen and oxygen atoms in total. The summed E-state index contributed by atoms with van der Waals surface area (Å²) in [7, 11) is 0. The van der Waals surface area contributed by atoms with Crippen LogP contribution in [0.3, 0.4) is 0 Å². The maximum Gasteiger partial charge on any atom is 0.146 e. The van der Waals surface area contributed by atoms with E-state index in [1.807, 2.05) is 13.0 Å². The number of anilines is 1. The average molecular weight is 250 g/mol. The minimum Gasteiger partial charge on any atom is -0.366 e. The van der Waals surface area contributed by atoms with Gasteiger partial charge in [0.25, 0.3) is 0 Å². The van der Waals surface area contributed by atoms with Gasteiger partial charge in [-0.25, -0.2) is 4.39 Å². The van der Waals surface area contributed by atoms with Crippen molar-refractivity contribution < 1.29 is 4.39 Å². The summed E-state index contributed by atoms with van der Waals surface area (Å²) in [5.41, 5.74) is 7.65. The van der Waals surface area contributed by atoms with Crippen molar-refractivity contribution in [3.8, 4) is 0 Å². The first-order valence-electron chi connectivity index (χ1n) is 6.95. The topological polar surface area (TPSA) is 29.3 Å². The first-order chi connectivity index (χ1) is 8.65. The third-order valence-corrected chi connectivity index (χ3v) is 3.89. The van der Waals surface area contributed by atoms with E-state index >= 15 is 0 Å². The number of nitrogens with zero attached hydrogens (tertiary/aromatic N) is 1. The van der Waals surface area contributed by atoms with Crippen LogP contribution in [0, 0.1) is 5.82 Å². The Morgan fingerprint density at radius 3 is 2.89 bits per heavy atom. The lowest BCUT2D eigenvalue weighted by molar-refractivity contribution is 0.441.